The summed E-state index contributed by atoms with van der Waals surface area (Å²) in [6, 6.07) is 2.10. The molecule has 0 bridgehead atoms. The van der Waals surface area contributed by atoms with E-state index in [1.54, 1.807) is 18.4 Å². The van der Waals surface area contributed by atoms with Crippen molar-refractivity contribution in [3.05, 3.63) is 16.8 Å². The summed E-state index contributed by atoms with van der Waals surface area (Å²) in [5, 5.41) is 0.982. The van der Waals surface area contributed by atoms with Gasteiger partial charge in [0.25, 0.3) is 0 Å². The van der Waals surface area contributed by atoms with E-state index >= 15 is 0 Å². The van der Waals surface area contributed by atoms with E-state index in [2.05, 4.69) is 37.2 Å². The van der Waals surface area contributed by atoms with Crippen LogP contribution in [-0.4, -0.2) is 17.1 Å². The Kier molecular flexibility index (Phi) is 4.57. The van der Waals surface area contributed by atoms with Crippen molar-refractivity contribution in [1.82, 2.24) is 9.97 Å². The minimum atomic E-state index is -0.448. The Morgan fingerprint density at radius 1 is 1.30 bits per heavy atom. The molecule has 0 unspecified atom stereocenters. The van der Waals surface area contributed by atoms with Crippen molar-refractivity contribution in [3.63, 3.8) is 0 Å². The predicted molar refractivity (Wildman–Crippen MR) is 83.9 cm³/mol. The minimum Gasteiger partial charge on any atom is -0.370 e. The van der Waals surface area contributed by atoms with Gasteiger partial charge < -0.3 is 10.2 Å². The van der Waals surface area contributed by atoms with Gasteiger partial charge in [-0.2, -0.15) is 0 Å². The molecule has 3 N–H and O–H groups in total. The van der Waals surface area contributed by atoms with Crippen LogP contribution in [0, 0.1) is 0 Å². The number of anilines is 1. The highest BCUT2D eigenvalue weighted by Gasteiger charge is 2.32. The number of thiophene rings is 1. The summed E-state index contributed by atoms with van der Waals surface area (Å²) < 4.78 is 5.71. The van der Waals surface area contributed by atoms with Gasteiger partial charge in [0, 0.05) is 12.0 Å². The summed E-state index contributed by atoms with van der Waals surface area (Å²) in [6.45, 7) is 6.30. The van der Waals surface area contributed by atoms with Crippen LogP contribution in [-0.2, 0) is 16.8 Å². The van der Waals surface area contributed by atoms with Crippen LogP contribution < -0.4 is 11.3 Å². The fourth-order valence-electron chi connectivity index (χ4n) is 2.41. The molecule has 0 aliphatic rings. The Hall–Kier alpha value is -1.24. The van der Waals surface area contributed by atoms with Gasteiger partial charge >= 0.3 is 0 Å². The first-order valence-corrected chi connectivity index (χ1v) is 7.78. The molecule has 6 heteroatoms. The first-order chi connectivity index (χ1) is 9.63. The molecule has 0 saturated heterocycles. The molecule has 0 atom stereocenters. The highest BCUT2D eigenvalue weighted by molar-refractivity contribution is 7.18. The van der Waals surface area contributed by atoms with Crippen LogP contribution in [0.5, 0.6) is 0 Å². The number of rotatable bonds is 6. The van der Waals surface area contributed by atoms with Crippen LogP contribution >= 0.6 is 11.3 Å². The molecule has 0 saturated carbocycles. The van der Waals surface area contributed by atoms with Crippen LogP contribution in [0.25, 0.3) is 10.2 Å². The topological polar surface area (TPSA) is 73.1 Å². The maximum absolute atomic E-state index is 5.71. The van der Waals surface area contributed by atoms with E-state index in [4.69, 9.17) is 15.6 Å². The summed E-state index contributed by atoms with van der Waals surface area (Å²) in [6.07, 6.45) is 2.63. The van der Waals surface area contributed by atoms with E-state index in [-0.39, 0.29) is 0 Å². The number of ether oxygens (including phenoxy) is 1. The molecule has 0 radical (unpaired) electrons. The van der Waals surface area contributed by atoms with Crippen LogP contribution in [0.3, 0.4) is 0 Å². The fourth-order valence-corrected chi connectivity index (χ4v) is 3.37. The number of nitrogens with one attached hydrogen (secondary N) is 1. The number of aryl methyl sites for hydroxylation is 1. The molecule has 0 aliphatic heterocycles. The summed E-state index contributed by atoms with van der Waals surface area (Å²) in [5.74, 6) is 7.00. The number of hydrogen-bond acceptors (Lipinski definition) is 6. The summed E-state index contributed by atoms with van der Waals surface area (Å²) in [5.41, 5.74) is 2.24. The van der Waals surface area contributed by atoms with Crippen molar-refractivity contribution >= 4 is 27.4 Å². The molecule has 0 spiro atoms. The molecule has 110 valence electrons. The molecule has 0 amide bonds. The second-order valence-electron chi connectivity index (χ2n) is 4.73. The third-order valence-corrected chi connectivity index (χ3v) is 5.04. The van der Waals surface area contributed by atoms with Gasteiger partial charge in [-0.1, -0.05) is 20.8 Å². The smallest absolute Gasteiger partial charge is 0.164 e. The molecular weight excluding hydrogens is 272 g/mol. The lowest BCUT2D eigenvalue weighted by Gasteiger charge is -2.28. The second-order valence-corrected chi connectivity index (χ2v) is 5.85. The Bertz CT molecular complexity index is 584. The summed E-state index contributed by atoms with van der Waals surface area (Å²) in [7, 11) is 1.71. The number of nitrogens with two attached hydrogens (primary N) is 1. The normalized spacial score (nSPS) is 12.1. The fraction of sp³-hybridized carbons (Fsp3) is 0.571. The zero-order valence-corrected chi connectivity index (χ0v) is 13.3. The van der Waals surface area contributed by atoms with Crippen LogP contribution in [0.4, 0.5) is 5.82 Å². The van der Waals surface area contributed by atoms with Gasteiger partial charge in [-0.05, 0) is 25.3 Å². The monoisotopic (exact) mass is 294 g/mol. The molecule has 2 rings (SSSR count). The van der Waals surface area contributed by atoms with Gasteiger partial charge in [-0.15, -0.1) is 11.3 Å². The quantitative estimate of drug-likeness (QED) is 0.632. The average Bonchev–Trinajstić information content (AvgIpc) is 2.92. The van der Waals surface area contributed by atoms with Crippen LogP contribution in [0.15, 0.2) is 6.07 Å². The Morgan fingerprint density at radius 2 is 2.00 bits per heavy atom. The van der Waals surface area contributed by atoms with Crippen molar-refractivity contribution < 1.29 is 4.74 Å². The standard InChI is InChI=1S/C14H22N4OS/c1-5-9-8-10-11(18-15)16-13(17-12(10)20-9)14(6-2,7-3)19-4/h8H,5-7,15H2,1-4H3,(H,16,17,18). The number of methoxy groups -OCH3 is 1. The average molecular weight is 294 g/mol. The molecule has 2 heterocycles. The Labute approximate surface area is 123 Å². The second kappa shape index (κ2) is 6.03. The first kappa shape index (κ1) is 15.2. The lowest BCUT2D eigenvalue weighted by atomic mass is 9.96. The van der Waals surface area contributed by atoms with E-state index in [1.165, 1.54) is 4.88 Å². The molecule has 0 aliphatic carbocycles. The van der Waals surface area contributed by atoms with Gasteiger partial charge in [-0.25, -0.2) is 15.8 Å². The van der Waals surface area contributed by atoms with Crippen LogP contribution in [0.2, 0.25) is 0 Å². The molecule has 0 fully saturated rings. The highest BCUT2D eigenvalue weighted by Crippen LogP contribution is 2.35. The highest BCUT2D eigenvalue weighted by atomic mass is 32.1. The molecule has 2 aromatic rings. The van der Waals surface area contributed by atoms with Crippen molar-refractivity contribution in [3.8, 4) is 0 Å². The van der Waals surface area contributed by atoms with E-state index < -0.39 is 5.60 Å². The van der Waals surface area contributed by atoms with E-state index in [1.807, 2.05) is 0 Å². The maximum atomic E-state index is 5.71. The molecule has 20 heavy (non-hydrogen) atoms. The number of nitrogen functional groups attached to an aromatic ring is 1. The zero-order valence-electron chi connectivity index (χ0n) is 12.5. The zero-order chi connectivity index (χ0) is 14.8. The summed E-state index contributed by atoms with van der Waals surface area (Å²) >= 11 is 1.69. The van der Waals surface area contributed by atoms with E-state index in [0.717, 1.165) is 29.5 Å². The number of hydrogen-bond donors (Lipinski definition) is 2. The lowest BCUT2D eigenvalue weighted by Crippen LogP contribution is -2.30. The third kappa shape index (κ3) is 2.39. The number of nitrogens with zero attached hydrogens (tertiary/aromatic N) is 2. The molecule has 5 nitrogen and oxygen atoms in total. The van der Waals surface area contributed by atoms with Gasteiger partial charge in [0.15, 0.2) is 11.6 Å². The number of hydrazine groups is 1. The van der Waals surface area contributed by atoms with Gasteiger partial charge in [0.2, 0.25) is 0 Å². The minimum absolute atomic E-state index is 0.448. The van der Waals surface area contributed by atoms with Crippen molar-refractivity contribution in [2.45, 2.75) is 45.6 Å². The Balaban J connectivity index is 2.65. The molecule has 2 aromatic heterocycles. The van der Waals surface area contributed by atoms with Gasteiger partial charge in [-0.3, -0.25) is 0 Å². The largest absolute Gasteiger partial charge is 0.370 e. The maximum Gasteiger partial charge on any atom is 0.164 e. The third-order valence-electron chi connectivity index (χ3n) is 3.87. The lowest BCUT2D eigenvalue weighted by molar-refractivity contribution is -0.0287. The molecule has 0 aromatic carbocycles. The van der Waals surface area contributed by atoms with E-state index in [0.29, 0.717) is 11.6 Å². The van der Waals surface area contributed by atoms with Gasteiger partial charge in [0.1, 0.15) is 10.4 Å². The molecular formula is C14H22N4OS. The summed E-state index contributed by atoms with van der Waals surface area (Å²) in [4.78, 5) is 11.5. The Morgan fingerprint density at radius 3 is 2.50 bits per heavy atom. The van der Waals surface area contributed by atoms with E-state index in [9.17, 15) is 0 Å². The van der Waals surface area contributed by atoms with Crippen LogP contribution in [0.1, 0.15) is 44.3 Å². The predicted octanol–water partition coefficient (Wildman–Crippen LogP) is 3.20. The van der Waals surface area contributed by atoms with Crippen molar-refractivity contribution in [2.75, 3.05) is 12.5 Å². The number of aromatic nitrogens is 2. The van der Waals surface area contributed by atoms with Gasteiger partial charge in [0.05, 0.1) is 5.39 Å². The first-order valence-electron chi connectivity index (χ1n) is 6.96. The number of fused-ring (bicyclic) bond motifs is 1. The SMILES string of the molecule is CCc1cc2c(NN)nc(C(CC)(CC)OC)nc2s1. The van der Waals surface area contributed by atoms with Crippen molar-refractivity contribution in [1.29, 1.82) is 0 Å². The van der Waals surface area contributed by atoms with Crippen molar-refractivity contribution in [2.24, 2.45) is 5.84 Å².